The number of thiophene rings is 1. The molecule has 2 aliphatic rings. The summed E-state index contributed by atoms with van der Waals surface area (Å²) in [6.45, 7) is 2.97. The smallest absolute Gasteiger partial charge is 0.145 e. The topological polar surface area (TPSA) is 33.2 Å². The van der Waals surface area contributed by atoms with Gasteiger partial charge < -0.3 is 0 Å². The normalized spacial score (nSPS) is 19.1. The summed E-state index contributed by atoms with van der Waals surface area (Å²) in [5.41, 5.74) is 3.84. The fraction of sp³-hybridized carbons (Fsp3) is 0.429. The van der Waals surface area contributed by atoms with E-state index in [1.54, 1.807) is 0 Å². The van der Waals surface area contributed by atoms with Gasteiger partial charge in [0.25, 0.3) is 0 Å². The van der Waals surface area contributed by atoms with Gasteiger partial charge in [0.1, 0.15) is 5.78 Å². The Kier molecular flexibility index (Phi) is 6.80. The second-order valence-corrected chi connectivity index (χ2v) is 10.2. The first-order valence-electron chi connectivity index (χ1n) is 12.1. The number of hydrogen-bond donors (Lipinski definition) is 0. The van der Waals surface area contributed by atoms with Gasteiger partial charge in [-0.2, -0.15) is 0 Å². The number of carbonyl (C=O) groups excluding carboxylic acids is 1. The number of rotatable bonds is 7. The average molecular weight is 445 g/mol. The lowest BCUT2D eigenvalue weighted by Gasteiger charge is -2.29. The zero-order chi connectivity index (χ0) is 21.8. The van der Waals surface area contributed by atoms with Crippen molar-refractivity contribution in [3.05, 3.63) is 71.4 Å². The van der Waals surface area contributed by atoms with E-state index in [9.17, 15) is 4.79 Å². The summed E-state index contributed by atoms with van der Waals surface area (Å²) in [7, 11) is 0. The predicted molar refractivity (Wildman–Crippen MR) is 134 cm³/mol. The van der Waals surface area contributed by atoms with Crippen molar-refractivity contribution >= 4 is 32.8 Å². The lowest BCUT2D eigenvalue weighted by Crippen LogP contribution is -2.33. The Hall–Kier alpha value is -2.30. The molecule has 1 atom stereocenters. The second-order valence-electron chi connectivity index (χ2n) is 9.26. The zero-order valence-electron chi connectivity index (χ0n) is 18.7. The lowest BCUT2D eigenvalue weighted by atomic mass is 9.79. The SMILES string of the molecule is O=C(C1CCCCC1)C(CCN1CC=C(c2csc3ccccc23)CC1)c1ccccn1. The van der Waals surface area contributed by atoms with Crippen molar-refractivity contribution in [3.8, 4) is 0 Å². The van der Waals surface area contributed by atoms with E-state index < -0.39 is 0 Å². The summed E-state index contributed by atoms with van der Waals surface area (Å²) < 4.78 is 1.37. The molecule has 0 amide bonds. The molecule has 1 aliphatic carbocycles. The van der Waals surface area contributed by atoms with Crippen molar-refractivity contribution in [3.63, 3.8) is 0 Å². The summed E-state index contributed by atoms with van der Waals surface area (Å²) in [6.07, 6.45) is 12.0. The number of carbonyl (C=O) groups is 1. The van der Waals surface area contributed by atoms with E-state index in [1.807, 2.05) is 35.7 Å². The van der Waals surface area contributed by atoms with E-state index in [2.05, 4.69) is 45.6 Å². The van der Waals surface area contributed by atoms with Gasteiger partial charge in [0, 0.05) is 29.9 Å². The number of hydrogen-bond acceptors (Lipinski definition) is 4. The molecule has 0 N–H and O–H groups in total. The number of nitrogens with zero attached hydrogens (tertiary/aromatic N) is 2. The molecule has 1 aliphatic heterocycles. The summed E-state index contributed by atoms with van der Waals surface area (Å²) in [4.78, 5) is 20.5. The van der Waals surface area contributed by atoms with Gasteiger partial charge in [0.05, 0.1) is 11.6 Å². The third-order valence-corrected chi connectivity index (χ3v) is 8.21. The monoisotopic (exact) mass is 444 g/mol. The van der Waals surface area contributed by atoms with Gasteiger partial charge in [-0.3, -0.25) is 14.7 Å². The van der Waals surface area contributed by atoms with Crippen LogP contribution in [-0.2, 0) is 4.79 Å². The van der Waals surface area contributed by atoms with Crippen LogP contribution in [0.5, 0.6) is 0 Å². The second kappa shape index (κ2) is 10.1. The highest BCUT2D eigenvalue weighted by Crippen LogP contribution is 2.35. The van der Waals surface area contributed by atoms with E-state index in [0.717, 1.165) is 51.0 Å². The van der Waals surface area contributed by atoms with Gasteiger partial charge in [-0.1, -0.05) is 49.6 Å². The maximum atomic E-state index is 13.4. The van der Waals surface area contributed by atoms with Gasteiger partial charge in [0.2, 0.25) is 0 Å². The van der Waals surface area contributed by atoms with Crippen LogP contribution in [0.3, 0.4) is 0 Å². The molecule has 1 unspecified atom stereocenters. The molecule has 5 rings (SSSR count). The van der Waals surface area contributed by atoms with Crippen molar-refractivity contribution in [2.24, 2.45) is 5.92 Å². The van der Waals surface area contributed by atoms with Crippen LogP contribution < -0.4 is 0 Å². The van der Waals surface area contributed by atoms with Crippen molar-refractivity contribution in [1.82, 2.24) is 9.88 Å². The Morgan fingerprint density at radius 3 is 2.72 bits per heavy atom. The largest absolute Gasteiger partial charge is 0.299 e. The maximum absolute atomic E-state index is 13.4. The Labute approximate surface area is 195 Å². The van der Waals surface area contributed by atoms with E-state index >= 15 is 0 Å². The Morgan fingerprint density at radius 1 is 1.09 bits per heavy atom. The van der Waals surface area contributed by atoms with Crippen LogP contribution in [0.15, 0.2) is 60.1 Å². The molecule has 1 saturated carbocycles. The number of Topliss-reactive ketones (excluding diaryl/α,β-unsaturated/α-hetero) is 1. The van der Waals surface area contributed by atoms with Crippen LogP contribution in [-0.4, -0.2) is 35.3 Å². The number of aromatic nitrogens is 1. The fourth-order valence-corrected chi connectivity index (χ4v) is 6.37. The number of fused-ring (bicyclic) bond motifs is 1. The van der Waals surface area contributed by atoms with Crippen LogP contribution in [0.25, 0.3) is 15.7 Å². The summed E-state index contributed by atoms with van der Waals surface area (Å²) in [5, 5.41) is 3.69. The number of benzene rings is 1. The zero-order valence-corrected chi connectivity index (χ0v) is 19.5. The molecule has 3 nitrogen and oxygen atoms in total. The number of pyridine rings is 1. The average Bonchev–Trinajstić information content (AvgIpc) is 3.30. The summed E-state index contributed by atoms with van der Waals surface area (Å²) in [5.74, 6) is 0.599. The molecular weight excluding hydrogens is 412 g/mol. The van der Waals surface area contributed by atoms with Gasteiger partial charge in [-0.25, -0.2) is 0 Å². The minimum atomic E-state index is -0.0644. The molecule has 4 heteroatoms. The fourth-order valence-electron chi connectivity index (χ4n) is 5.39. The van der Waals surface area contributed by atoms with E-state index in [-0.39, 0.29) is 11.8 Å². The third-order valence-electron chi connectivity index (χ3n) is 7.25. The van der Waals surface area contributed by atoms with Gasteiger partial charge in [-0.05, 0) is 72.3 Å². The van der Waals surface area contributed by atoms with Crippen LogP contribution in [0.2, 0.25) is 0 Å². The van der Waals surface area contributed by atoms with Crippen LogP contribution >= 0.6 is 11.3 Å². The molecule has 1 fully saturated rings. The van der Waals surface area contributed by atoms with Crippen molar-refractivity contribution < 1.29 is 4.79 Å². The van der Waals surface area contributed by atoms with Crippen molar-refractivity contribution in [2.75, 3.05) is 19.6 Å². The Bertz CT molecular complexity index is 1080. The summed E-state index contributed by atoms with van der Waals surface area (Å²) >= 11 is 1.84. The quantitative estimate of drug-likeness (QED) is 0.406. The Balaban J connectivity index is 1.25. The summed E-state index contributed by atoms with van der Waals surface area (Å²) in [6, 6.07) is 14.7. The standard InChI is InChI=1S/C28H32N2OS/c31-28(22-8-2-1-3-9-22)24(26-11-6-7-16-29-26)15-19-30-17-13-21(14-18-30)25-20-32-27-12-5-4-10-23(25)27/h4-7,10-13,16,20,22,24H,1-3,8-9,14-15,17-19H2. The highest BCUT2D eigenvalue weighted by Gasteiger charge is 2.30. The minimum Gasteiger partial charge on any atom is -0.299 e. The van der Waals surface area contributed by atoms with Gasteiger partial charge in [0.15, 0.2) is 0 Å². The highest BCUT2D eigenvalue weighted by atomic mass is 32.1. The van der Waals surface area contributed by atoms with E-state index in [0.29, 0.717) is 5.78 Å². The molecule has 3 aromatic rings. The minimum absolute atomic E-state index is 0.0644. The first-order valence-corrected chi connectivity index (χ1v) is 13.0. The van der Waals surface area contributed by atoms with Crippen LogP contribution in [0.1, 0.15) is 62.1 Å². The molecule has 3 heterocycles. The molecule has 0 bridgehead atoms. The molecule has 2 aromatic heterocycles. The molecule has 0 spiro atoms. The Morgan fingerprint density at radius 2 is 1.94 bits per heavy atom. The predicted octanol–water partition coefficient (Wildman–Crippen LogP) is 6.71. The maximum Gasteiger partial charge on any atom is 0.145 e. The molecular formula is C28H32N2OS. The first-order chi connectivity index (χ1) is 15.8. The third kappa shape index (κ3) is 4.72. The van der Waals surface area contributed by atoms with Crippen LogP contribution in [0, 0.1) is 5.92 Å². The van der Waals surface area contributed by atoms with Crippen LogP contribution in [0.4, 0.5) is 0 Å². The molecule has 1 aromatic carbocycles. The van der Waals surface area contributed by atoms with E-state index in [1.165, 1.54) is 40.5 Å². The highest BCUT2D eigenvalue weighted by molar-refractivity contribution is 7.17. The van der Waals surface area contributed by atoms with Gasteiger partial charge in [-0.15, -0.1) is 11.3 Å². The van der Waals surface area contributed by atoms with E-state index in [4.69, 9.17) is 0 Å². The van der Waals surface area contributed by atoms with Crippen molar-refractivity contribution in [2.45, 2.75) is 50.9 Å². The first kappa shape index (κ1) is 21.5. The lowest BCUT2D eigenvalue weighted by molar-refractivity contribution is -0.125. The molecule has 32 heavy (non-hydrogen) atoms. The molecule has 0 saturated heterocycles. The van der Waals surface area contributed by atoms with Crippen molar-refractivity contribution in [1.29, 1.82) is 0 Å². The van der Waals surface area contributed by atoms with Gasteiger partial charge >= 0.3 is 0 Å². The molecule has 0 radical (unpaired) electrons. The molecule has 166 valence electrons. The number of ketones is 1.